The summed E-state index contributed by atoms with van der Waals surface area (Å²) in [6, 6.07) is 0. The van der Waals surface area contributed by atoms with Gasteiger partial charge in [0.25, 0.3) is 6.47 Å². The van der Waals surface area contributed by atoms with Crippen molar-refractivity contribution in [3.05, 3.63) is 0 Å². The van der Waals surface area contributed by atoms with Gasteiger partial charge in [0, 0.05) is 6.42 Å². The molecule has 0 aliphatic heterocycles. The lowest BCUT2D eigenvalue weighted by Crippen LogP contribution is -2.64. The third-order valence-electron chi connectivity index (χ3n) is 5.07. The van der Waals surface area contributed by atoms with Gasteiger partial charge in [0.2, 0.25) is 0 Å². The molecule has 0 saturated heterocycles. The first-order chi connectivity index (χ1) is 8.33. The first-order valence-corrected chi connectivity index (χ1v) is 6.86. The molecule has 4 heteroatoms. The molecule has 4 bridgehead atoms. The highest BCUT2D eigenvalue weighted by Gasteiger charge is 2.61. The average Bonchev–Trinajstić information content (AvgIpc) is 2.11. The van der Waals surface area contributed by atoms with Crippen molar-refractivity contribution in [3.8, 4) is 0 Å². The normalized spacial score (nSPS) is 48.8. The summed E-state index contributed by atoms with van der Waals surface area (Å²) < 4.78 is 0. The molecule has 4 rings (SSSR count). The predicted molar refractivity (Wildman–Crippen MR) is 67.0 cm³/mol. The van der Waals surface area contributed by atoms with Crippen molar-refractivity contribution in [3.63, 3.8) is 0 Å². The van der Waals surface area contributed by atoms with Gasteiger partial charge in [-0.1, -0.05) is 13.8 Å². The maximum atomic E-state index is 10.7. The van der Waals surface area contributed by atoms with Crippen LogP contribution < -0.4 is 0 Å². The van der Waals surface area contributed by atoms with Crippen LogP contribution in [-0.4, -0.2) is 33.0 Å². The third-order valence-corrected chi connectivity index (χ3v) is 5.07. The lowest BCUT2D eigenvalue weighted by atomic mass is 9.46. The van der Waals surface area contributed by atoms with Gasteiger partial charge in [-0.3, -0.25) is 4.79 Å². The van der Waals surface area contributed by atoms with E-state index >= 15 is 0 Å². The first kappa shape index (κ1) is 13.8. The second-order valence-electron chi connectivity index (χ2n) is 6.85. The fourth-order valence-corrected chi connectivity index (χ4v) is 5.28. The Morgan fingerprint density at radius 1 is 1.22 bits per heavy atom. The van der Waals surface area contributed by atoms with E-state index in [2.05, 4.69) is 13.8 Å². The summed E-state index contributed by atoms with van der Waals surface area (Å²) in [6.07, 6.45) is 4.70. The van der Waals surface area contributed by atoms with Gasteiger partial charge >= 0.3 is 0 Å². The standard InChI is InChI=1S/C13H22O2.CH2O2/c1-8(2)11-10-3-9-4-12(14,6-10)7-13(11,15)5-9;2-1-3/h8-11,14-15H,3-7H2,1-2H3;1H,(H,2,3). The monoisotopic (exact) mass is 256 g/mol. The van der Waals surface area contributed by atoms with Crippen LogP contribution in [0, 0.1) is 23.7 Å². The van der Waals surface area contributed by atoms with E-state index in [1.165, 1.54) is 6.42 Å². The summed E-state index contributed by atoms with van der Waals surface area (Å²) in [5.74, 6) is 2.13. The van der Waals surface area contributed by atoms with Crippen LogP contribution in [0.2, 0.25) is 0 Å². The molecule has 104 valence electrons. The van der Waals surface area contributed by atoms with E-state index in [-0.39, 0.29) is 6.47 Å². The minimum atomic E-state index is -0.549. The van der Waals surface area contributed by atoms with E-state index in [4.69, 9.17) is 9.90 Å². The van der Waals surface area contributed by atoms with Crippen LogP contribution in [0.4, 0.5) is 0 Å². The van der Waals surface area contributed by atoms with Crippen LogP contribution in [0.15, 0.2) is 0 Å². The Balaban J connectivity index is 0.000000367. The maximum absolute atomic E-state index is 10.7. The highest BCUT2D eigenvalue weighted by Crippen LogP contribution is 2.61. The largest absolute Gasteiger partial charge is 0.483 e. The van der Waals surface area contributed by atoms with Crippen molar-refractivity contribution < 1.29 is 20.1 Å². The summed E-state index contributed by atoms with van der Waals surface area (Å²) in [6.45, 7) is 4.18. The molecule has 5 unspecified atom stereocenters. The molecule has 4 fully saturated rings. The number of rotatable bonds is 1. The Labute approximate surface area is 108 Å². The van der Waals surface area contributed by atoms with Gasteiger partial charge in [0.05, 0.1) is 11.2 Å². The molecular formula is C14H24O4. The lowest BCUT2D eigenvalue weighted by Gasteiger charge is -2.63. The Morgan fingerprint density at radius 2 is 1.83 bits per heavy atom. The quantitative estimate of drug-likeness (QED) is 0.623. The lowest BCUT2D eigenvalue weighted by molar-refractivity contribution is -0.240. The summed E-state index contributed by atoms with van der Waals surface area (Å²) in [5.41, 5.74) is -1.07. The summed E-state index contributed by atoms with van der Waals surface area (Å²) in [7, 11) is 0. The van der Waals surface area contributed by atoms with Crippen molar-refractivity contribution in [1.82, 2.24) is 0 Å². The number of carbonyl (C=O) groups is 1. The van der Waals surface area contributed by atoms with Crippen molar-refractivity contribution >= 4 is 6.47 Å². The SMILES string of the molecule is CC(C)C1C2CC3CC(O)(C2)CC1(O)C3.O=CO. The van der Waals surface area contributed by atoms with Gasteiger partial charge < -0.3 is 15.3 Å². The van der Waals surface area contributed by atoms with Gasteiger partial charge in [0.1, 0.15) is 0 Å². The molecule has 4 aliphatic rings. The zero-order valence-electron chi connectivity index (χ0n) is 11.2. The van der Waals surface area contributed by atoms with Crippen molar-refractivity contribution in [2.24, 2.45) is 23.7 Å². The zero-order valence-corrected chi connectivity index (χ0v) is 11.2. The second-order valence-corrected chi connectivity index (χ2v) is 6.85. The minimum absolute atomic E-state index is 0.250. The van der Waals surface area contributed by atoms with Gasteiger partial charge in [-0.25, -0.2) is 0 Å². The van der Waals surface area contributed by atoms with Crippen LogP contribution in [0.1, 0.15) is 46.0 Å². The topological polar surface area (TPSA) is 77.8 Å². The fourth-order valence-electron chi connectivity index (χ4n) is 5.28. The van der Waals surface area contributed by atoms with E-state index in [1.807, 2.05) is 0 Å². The number of hydrogen-bond donors (Lipinski definition) is 3. The number of aliphatic hydroxyl groups is 2. The van der Waals surface area contributed by atoms with Crippen molar-refractivity contribution in [2.75, 3.05) is 0 Å². The van der Waals surface area contributed by atoms with E-state index < -0.39 is 11.2 Å². The van der Waals surface area contributed by atoms with Crippen LogP contribution in [0.25, 0.3) is 0 Å². The fraction of sp³-hybridized carbons (Fsp3) is 0.929. The average molecular weight is 256 g/mol. The van der Waals surface area contributed by atoms with Gasteiger partial charge in [0.15, 0.2) is 0 Å². The first-order valence-electron chi connectivity index (χ1n) is 6.86. The van der Waals surface area contributed by atoms with E-state index in [0.717, 1.165) is 19.3 Å². The maximum Gasteiger partial charge on any atom is 0.290 e. The summed E-state index contributed by atoms with van der Waals surface area (Å²) in [5, 5.41) is 28.0. The predicted octanol–water partition coefficient (Wildman–Crippen LogP) is 1.65. The van der Waals surface area contributed by atoms with Gasteiger partial charge in [-0.15, -0.1) is 0 Å². The Hall–Kier alpha value is -0.610. The minimum Gasteiger partial charge on any atom is -0.483 e. The molecule has 0 aromatic heterocycles. The highest BCUT2D eigenvalue weighted by molar-refractivity contribution is 5.32. The Morgan fingerprint density at radius 3 is 2.28 bits per heavy atom. The van der Waals surface area contributed by atoms with Gasteiger partial charge in [-0.2, -0.15) is 0 Å². The molecule has 18 heavy (non-hydrogen) atoms. The highest BCUT2D eigenvalue weighted by atomic mass is 16.3. The Kier molecular flexibility index (Phi) is 3.45. The molecule has 4 nitrogen and oxygen atoms in total. The van der Waals surface area contributed by atoms with Crippen LogP contribution >= 0.6 is 0 Å². The molecule has 4 aliphatic carbocycles. The van der Waals surface area contributed by atoms with E-state index in [1.54, 1.807) is 0 Å². The van der Waals surface area contributed by atoms with E-state index in [0.29, 0.717) is 30.1 Å². The number of carboxylic acid groups (broad SMARTS) is 1. The van der Waals surface area contributed by atoms with E-state index in [9.17, 15) is 10.2 Å². The van der Waals surface area contributed by atoms with Crippen LogP contribution in [-0.2, 0) is 4.79 Å². The molecule has 5 atom stereocenters. The second kappa shape index (κ2) is 4.49. The smallest absolute Gasteiger partial charge is 0.290 e. The van der Waals surface area contributed by atoms with Crippen molar-refractivity contribution in [1.29, 1.82) is 0 Å². The summed E-state index contributed by atoms with van der Waals surface area (Å²) in [4.78, 5) is 8.36. The molecule has 3 N–H and O–H groups in total. The zero-order chi connectivity index (χ0) is 13.6. The van der Waals surface area contributed by atoms with Crippen molar-refractivity contribution in [2.45, 2.75) is 57.2 Å². The number of hydrogen-bond acceptors (Lipinski definition) is 3. The molecule has 0 amide bonds. The third kappa shape index (κ3) is 2.16. The van der Waals surface area contributed by atoms with Gasteiger partial charge in [-0.05, 0) is 49.4 Å². The van der Waals surface area contributed by atoms with Crippen LogP contribution in [0.5, 0.6) is 0 Å². The molecule has 4 saturated carbocycles. The Bertz CT molecular complexity index is 330. The molecule has 0 radical (unpaired) electrons. The van der Waals surface area contributed by atoms with Crippen LogP contribution in [0.3, 0.4) is 0 Å². The molecule has 0 heterocycles. The molecular weight excluding hydrogens is 232 g/mol. The molecule has 0 spiro atoms. The summed E-state index contributed by atoms with van der Waals surface area (Å²) >= 11 is 0. The molecule has 0 aromatic rings. The molecule has 0 aromatic carbocycles.